The number of thioether (sulfide) groups is 1. The van der Waals surface area contributed by atoms with Gasteiger partial charge in [0.2, 0.25) is 11.7 Å². The number of nitrogens with zero attached hydrogens (tertiary/aromatic N) is 2. The van der Waals surface area contributed by atoms with Crippen molar-refractivity contribution in [1.29, 1.82) is 0 Å². The van der Waals surface area contributed by atoms with E-state index in [4.69, 9.17) is 0 Å². The molecule has 2 aromatic rings. The number of halogens is 1. The van der Waals surface area contributed by atoms with Crippen LogP contribution < -0.4 is 5.32 Å². The average molecular weight is 321 g/mol. The van der Waals surface area contributed by atoms with Gasteiger partial charge in [-0.05, 0) is 31.2 Å². The number of amides is 1. The number of aromatic nitrogens is 1. The van der Waals surface area contributed by atoms with Gasteiger partial charge in [-0.2, -0.15) is 4.39 Å². The molecule has 0 saturated carbocycles. The summed E-state index contributed by atoms with van der Waals surface area (Å²) in [6.45, 7) is 1.69. The molecule has 0 aliphatic rings. The highest BCUT2D eigenvalue weighted by Gasteiger charge is 2.18. The molecular formula is C14H12FN3O3S. The lowest BCUT2D eigenvalue weighted by Crippen LogP contribution is -2.22. The van der Waals surface area contributed by atoms with Crippen molar-refractivity contribution in [3.05, 3.63) is 58.5 Å². The summed E-state index contributed by atoms with van der Waals surface area (Å²) < 4.78 is 13.2. The highest BCUT2D eigenvalue weighted by Crippen LogP contribution is 2.24. The molecule has 0 aliphatic carbocycles. The van der Waals surface area contributed by atoms with Crippen molar-refractivity contribution >= 4 is 29.0 Å². The first kappa shape index (κ1) is 15.9. The fourth-order valence-corrected chi connectivity index (χ4v) is 2.43. The van der Waals surface area contributed by atoms with Gasteiger partial charge in [0.15, 0.2) is 0 Å². The molecule has 1 unspecified atom stereocenters. The second kappa shape index (κ2) is 6.99. The third kappa shape index (κ3) is 4.01. The van der Waals surface area contributed by atoms with Gasteiger partial charge in [0.1, 0.15) is 0 Å². The number of benzene rings is 1. The van der Waals surface area contributed by atoms with Crippen LogP contribution in [-0.4, -0.2) is 21.1 Å². The van der Waals surface area contributed by atoms with E-state index in [1.54, 1.807) is 25.3 Å². The molecule has 22 heavy (non-hydrogen) atoms. The Morgan fingerprint density at radius 3 is 2.82 bits per heavy atom. The lowest BCUT2D eigenvalue weighted by atomic mass is 10.2. The summed E-state index contributed by atoms with van der Waals surface area (Å²) >= 11 is 1.25. The van der Waals surface area contributed by atoms with Gasteiger partial charge in [-0.25, -0.2) is 4.98 Å². The Labute approximate surface area is 129 Å². The zero-order valence-electron chi connectivity index (χ0n) is 11.5. The van der Waals surface area contributed by atoms with Crippen LogP contribution in [0.3, 0.4) is 0 Å². The van der Waals surface area contributed by atoms with E-state index in [0.717, 1.165) is 12.1 Å². The number of nitro groups is 1. The van der Waals surface area contributed by atoms with Crippen LogP contribution in [0.2, 0.25) is 0 Å². The number of nitro benzene ring substituents is 1. The van der Waals surface area contributed by atoms with Crippen LogP contribution in [0, 0.1) is 15.9 Å². The van der Waals surface area contributed by atoms with E-state index in [9.17, 15) is 19.3 Å². The summed E-state index contributed by atoms with van der Waals surface area (Å²) in [5.41, 5.74) is -0.505. The minimum absolute atomic E-state index is 0.173. The van der Waals surface area contributed by atoms with Gasteiger partial charge < -0.3 is 5.32 Å². The molecule has 2 rings (SSSR count). The Morgan fingerprint density at radius 2 is 2.18 bits per heavy atom. The Bertz CT molecular complexity index is 697. The molecule has 8 heteroatoms. The molecule has 0 radical (unpaired) electrons. The maximum Gasteiger partial charge on any atom is 0.306 e. The van der Waals surface area contributed by atoms with E-state index in [0.29, 0.717) is 5.03 Å². The molecule has 0 aliphatic heterocycles. The van der Waals surface area contributed by atoms with E-state index in [-0.39, 0.29) is 11.6 Å². The summed E-state index contributed by atoms with van der Waals surface area (Å²) in [5, 5.41) is 13.4. The molecule has 0 fully saturated rings. The molecule has 1 atom stereocenters. The smallest absolute Gasteiger partial charge is 0.306 e. The van der Waals surface area contributed by atoms with Gasteiger partial charge in [0, 0.05) is 18.0 Å². The Morgan fingerprint density at radius 1 is 1.41 bits per heavy atom. The third-order valence-corrected chi connectivity index (χ3v) is 3.77. The second-order valence-electron chi connectivity index (χ2n) is 4.34. The normalized spacial score (nSPS) is 11.7. The molecule has 114 valence electrons. The van der Waals surface area contributed by atoms with E-state index >= 15 is 0 Å². The van der Waals surface area contributed by atoms with E-state index < -0.39 is 21.7 Å². The Hall–Kier alpha value is -2.48. The van der Waals surface area contributed by atoms with Crippen LogP contribution in [0.15, 0.2) is 47.6 Å². The first-order valence-corrected chi connectivity index (χ1v) is 7.18. The summed E-state index contributed by atoms with van der Waals surface area (Å²) in [6.07, 6.45) is 1.62. The summed E-state index contributed by atoms with van der Waals surface area (Å²) in [5.74, 6) is -1.30. The number of pyridine rings is 1. The summed E-state index contributed by atoms with van der Waals surface area (Å²) in [7, 11) is 0. The number of hydrogen-bond donors (Lipinski definition) is 1. The molecule has 1 N–H and O–H groups in total. The molecule has 6 nitrogen and oxygen atoms in total. The minimum atomic E-state index is -0.945. The Kier molecular flexibility index (Phi) is 5.05. The highest BCUT2D eigenvalue weighted by atomic mass is 32.2. The molecule has 1 amide bonds. The molecular weight excluding hydrogens is 309 g/mol. The van der Waals surface area contributed by atoms with E-state index in [2.05, 4.69) is 10.3 Å². The highest BCUT2D eigenvalue weighted by molar-refractivity contribution is 8.00. The van der Waals surface area contributed by atoms with Gasteiger partial charge in [-0.15, -0.1) is 0 Å². The van der Waals surface area contributed by atoms with Crippen LogP contribution in [0.5, 0.6) is 0 Å². The van der Waals surface area contributed by atoms with Crippen molar-refractivity contribution in [2.75, 3.05) is 5.32 Å². The summed E-state index contributed by atoms with van der Waals surface area (Å²) in [6, 6.07) is 8.57. The van der Waals surface area contributed by atoms with Crippen LogP contribution in [0.25, 0.3) is 0 Å². The number of hydrogen-bond acceptors (Lipinski definition) is 5. The van der Waals surface area contributed by atoms with Crippen molar-refractivity contribution < 1.29 is 14.1 Å². The maximum atomic E-state index is 13.2. The topological polar surface area (TPSA) is 85.1 Å². The maximum absolute atomic E-state index is 13.2. The number of carbonyl (C=O) groups is 1. The number of anilines is 1. The van der Waals surface area contributed by atoms with Crippen LogP contribution >= 0.6 is 11.8 Å². The fraction of sp³-hybridized carbons (Fsp3) is 0.143. The van der Waals surface area contributed by atoms with Crippen molar-refractivity contribution in [2.24, 2.45) is 0 Å². The third-order valence-electron chi connectivity index (χ3n) is 2.71. The van der Waals surface area contributed by atoms with Gasteiger partial charge in [-0.1, -0.05) is 17.8 Å². The van der Waals surface area contributed by atoms with E-state index in [1.807, 2.05) is 6.07 Å². The monoisotopic (exact) mass is 321 g/mol. The molecule has 0 spiro atoms. The Balaban J connectivity index is 2.05. The lowest BCUT2D eigenvalue weighted by molar-refractivity contribution is -0.387. The minimum Gasteiger partial charge on any atom is -0.325 e. The fourth-order valence-electron chi connectivity index (χ4n) is 1.63. The zero-order chi connectivity index (χ0) is 16.1. The predicted octanol–water partition coefficient (Wildman–Crippen LogP) is 3.25. The number of carbonyl (C=O) groups excluding carboxylic acids is 1. The van der Waals surface area contributed by atoms with E-state index in [1.165, 1.54) is 17.8 Å². The van der Waals surface area contributed by atoms with Crippen molar-refractivity contribution in [3.8, 4) is 0 Å². The number of rotatable bonds is 5. The number of nitrogens with one attached hydrogen (secondary N) is 1. The first-order chi connectivity index (χ1) is 10.5. The van der Waals surface area contributed by atoms with Gasteiger partial charge in [-0.3, -0.25) is 14.9 Å². The van der Waals surface area contributed by atoms with Gasteiger partial charge in [0.25, 0.3) is 0 Å². The predicted molar refractivity (Wildman–Crippen MR) is 81.2 cm³/mol. The molecule has 1 aromatic carbocycles. The second-order valence-corrected chi connectivity index (χ2v) is 5.70. The van der Waals surface area contributed by atoms with Crippen LogP contribution in [-0.2, 0) is 4.79 Å². The van der Waals surface area contributed by atoms with Crippen molar-refractivity contribution in [2.45, 2.75) is 17.2 Å². The molecule has 1 heterocycles. The molecule has 0 bridgehead atoms. The largest absolute Gasteiger partial charge is 0.325 e. The molecule has 0 saturated heterocycles. The van der Waals surface area contributed by atoms with Crippen molar-refractivity contribution in [3.63, 3.8) is 0 Å². The lowest BCUT2D eigenvalue weighted by Gasteiger charge is -2.11. The quantitative estimate of drug-likeness (QED) is 0.519. The van der Waals surface area contributed by atoms with Crippen LogP contribution in [0.4, 0.5) is 15.8 Å². The van der Waals surface area contributed by atoms with Gasteiger partial charge in [0.05, 0.1) is 15.2 Å². The average Bonchev–Trinajstić information content (AvgIpc) is 2.49. The standard InChI is InChI=1S/C14H12FN3O3S/c1-9(22-13-4-2-3-7-16-13)14(19)17-10-5-6-11(15)12(8-10)18(20)21/h2-9H,1H3,(H,17,19). The summed E-state index contributed by atoms with van der Waals surface area (Å²) in [4.78, 5) is 26.0. The SMILES string of the molecule is CC(Sc1ccccn1)C(=O)Nc1ccc(F)c([N+](=O)[O-])c1. The zero-order valence-corrected chi connectivity index (χ0v) is 12.3. The van der Waals surface area contributed by atoms with Crippen molar-refractivity contribution in [1.82, 2.24) is 4.98 Å². The van der Waals surface area contributed by atoms with Crippen LogP contribution in [0.1, 0.15) is 6.92 Å². The molecule has 1 aromatic heterocycles. The first-order valence-electron chi connectivity index (χ1n) is 6.30. The van der Waals surface area contributed by atoms with Gasteiger partial charge >= 0.3 is 5.69 Å².